The molecule has 0 rings (SSSR count). The third-order valence-corrected chi connectivity index (χ3v) is 8.72. The minimum Gasteiger partial charge on any atom is -0.433 e. The van der Waals surface area contributed by atoms with Crippen LogP contribution in [0, 0.1) is 0 Å². The molecule has 2 N–H and O–H groups in total. The van der Waals surface area contributed by atoms with Gasteiger partial charge in [0, 0.05) is 19.6 Å². The topological polar surface area (TPSA) is 64.8 Å². The molecule has 0 bridgehead atoms. The highest BCUT2D eigenvalue weighted by Crippen LogP contribution is 2.18. The summed E-state index contributed by atoms with van der Waals surface area (Å²) in [6.07, 6.45) is 46.9. The van der Waals surface area contributed by atoms with E-state index in [4.69, 9.17) is 15.2 Å². The molecule has 0 aliphatic heterocycles. The van der Waals surface area contributed by atoms with Crippen molar-refractivity contribution in [2.45, 2.75) is 181 Å². The summed E-state index contributed by atoms with van der Waals surface area (Å²) in [5, 5.41) is 0. The van der Waals surface area contributed by atoms with Crippen LogP contribution in [0.1, 0.15) is 175 Å². The third-order valence-electron chi connectivity index (χ3n) is 8.72. The summed E-state index contributed by atoms with van der Waals surface area (Å²) >= 11 is 0. The number of hydrogen-bond acceptors (Lipinski definition) is 5. The summed E-state index contributed by atoms with van der Waals surface area (Å²) in [6.45, 7) is 9.96. The first kappa shape index (κ1) is 45.2. The molecule has 0 aliphatic carbocycles. The van der Waals surface area contributed by atoms with E-state index in [0.717, 1.165) is 51.6 Å². The highest BCUT2D eigenvalue weighted by atomic mass is 16.7. The number of carbonyl (C=O) groups is 1. The summed E-state index contributed by atoms with van der Waals surface area (Å²) in [5.41, 5.74) is 5.68. The van der Waals surface area contributed by atoms with Crippen molar-refractivity contribution in [2.75, 3.05) is 32.8 Å². The summed E-state index contributed by atoms with van der Waals surface area (Å²) in [6, 6.07) is 0. The van der Waals surface area contributed by atoms with Crippen LogP contribution in [0.15, 0.2) is 48.6 Å². The van der Waals surface area contributed by atoms with Crippen molar-refractivity contribution in [3.63, 3.8) is 0 Å². The zero-order chi connectivity index (χ0) is 34.3. The fourth-order valence-corrected chi connectivity index (χ4v) is 5.68. The van der Waals surface area contributed by atoms with Crippen LogP contribution >= 0.6 is 0 Å². The highest BCUT2D eigenvalue weighted by Gasteiger charge is 2.16. The fraction of sp³-hybridized carbons (Fsp3) is 0.786. The first-order chi connectivity index (χ1) is 23.2. The Morgan fingerprint density at radius 2 is 1.04 bits per heavy atom. The molecule has 0 aromatic carbocycles. The van der Waals surface area contributed by atoms with E-state index in [1.54, 1.807) is 0 Å². The van der Waals surface area contributed by atoms with Gasteiger partial charge >= 0.3 is 6.16 Å². The van der Waals surface area contributed by atoms with Crippen LogP contribution in [0.25, 0.3) is 0 Å². The van der Waals surface area contributed by atoms with Crippen molar-refractivity contribution in [1.29, 1.82) is 0 Å². The molecule has 0 heterocycles. The first-order valence-corrected chi connectivity index (χ1v) is 20.0. The Labute approximate surface area is 292 Å². The Hall–Kier alpha value is -1.85. The van der Waals surface area contributed by atoms with Gasteiger partial charge in [-0.1, -0.05) is 140 Å². The molecular weight excluding hydrogens is 580 g/mol. The van der Waals surface area contributed by atoms with E-state index in [9.17, 15) is 4.79 Å². The fourth-order valence-electron chi connectivity index (χ4n) is 5.68. The quantitative estimate of drug-likeness (QED) is 0.0417. The lowest BCUT2D eigenvalue weighted by Gasteiger charge is -2.20. The van der Waals surface area contributed by atoms with Crippen molar-refractivity contribution >= 4 is 6.16 Å². The molecule has 0 spiro atoms. The van der Waals surface area contributed by atoms with Gasteiger partial charge in [-0.05, 0) is 90.0 Å². The van der Waals surface area contributed by atoms with Gasteiger partial charge in [-0.25, -0.2) is 4.79 Å². The predicted octanol–water partition coefficient (Wildman–Crippen LogP) is 12.4. The average molecular weight is 659 g/mol. The molecule has 0 saturated heterocycles. The molecule has 5 heteroatoms. The van der Waals surface area contributed by atoms with Crippen molar-refractivity contribution in [2.24, 2.45) is 5.73 Å². The lowest BCUT2D eigenvalue weighted by Crippen LogP contribution is -2.33. The van der Waals surface area contributed by atoms with E-state index in [2.05, 4.69) is 74.3 Å². The Balaban J connectivity index is 4.20. The van der Waals surface area contributed by atoms with Gasteiger partial charge < -0.3 is 15.2 Å². The van der Waals surface area contributed by atoms with Gasteiger partial charge in [0.2, 0.25) is 0 Å². The largest absolute Gasteiger partial charge is 0.508 e. The summed E-state index contributed by atoms with van der Waals surface area (Å²) < 4.78 is 11.3. The molecule has 274 valence electrons. The zero-order valence-electron chi connectivity index (χ0n) is 31.5. The number of ether oxygens (including phenoxy) is 2. The van der Waals surface area contributed by atoms with Crippen molar-refractivity contribution in [3.05, 3.63) is 48.6 Å². The van der Waals surface area contributed by atoms with E-state index in [1.807, 2.05) is 0 Å². The summed E-state index contributed by atoms with van der Waals surface area (Å²) in [5.74, 6) is 0. The minimum absolute atomic E-state index is 0.0313. The Morgan fingerprint density at radius 3 is 1.51 bits per heavy atom. The Morgan fingerprint density at radius 1 is 0.574 bits per heavy atom. The molecule has 47 heavy (non-hydrogen) atoms. The standard InChI is InChI=1S/C42H78N2O3/c1-4-7-9-11-13-15-17-19-21-22-24-26-28-30-32-34-36-41(47-42(45)46-40-39-44(6-3)38-37-43)35-33-31-29-27-25-23-20-18-16-14-12-10-8-5-2/h10,12-13,15-16,18-19,21,41H,4-9,11,14,17,20,22-40,43H2,1-3H3/b12-10-,15-13-,18-16-,21-19-. The van der Waals surface area contributed by atoms with E-state index < -0.39 is 6.16 Å². The van der Waals surface area contributed by atoms with Gasteiger partial charge in [0.25, 0.3) is 0 Å². The molecule has 0 aromatic rings. The minimum atomic E-state index is -0.507. The lowest BCUT2D eigenvalue weighted by atomic mass is 10.0. The highest BCUT2D eigenvalue weighted by molar-refractivity contribution is 5.60. The second-order valence-corrected chi connectivity index (χ2v) is 13.1. The Kier molecular flexibility index (Phi) is 37.1. The van der Waals surface area contributed by atoms with Gasteiger partial charge in [0.15, 0.2) is 0 Å². The normalized spacial score (nSPS) is 12.9. The van der Waals surface area contributed by atoms with Gasteiger partial charge in [-0.3, -0.25) is 4.90 Å². The molecule has 0 aliphatic rings. The number of nitrogens with two attached hydrogens (primary N) is 1. The van der Waals surface area contributed by atoms with E-state index in [1.165, 1.54) is 116 Å². The second kappa shape index (κ2) is 38.6. The van der Waals surface area contributed by atoms with Crippen LogP contribution in [0.4, 0.5) is 4.79 Å². The monoisotopic (exact) mass is 659 g/mol. The molecule has 0 fully saturated rings. The van der Waals surface area contributed by atoms with Crippen LogP contribution in [0.5, 0.6) is 0 Å². The number of likely N-dealkylation sites (N-methyl/N-ethyl adjacent to an activating group) is 1. The first-order valence-electron chi connectivity index (χ1n) is 20.0. The molecule has 0 amide bonds. The van der Waals surface area contributed by atoms with E-state index in [0.29, 0.717) is 19.7 Å². The molecule has 0 radical (unpaired) electrons. The smallest absolute Gasteiger partial charge is 0.433 e. The molecular formula is C42H78N2O3. The summed E-state index contributed by atoms with van der Waals surface area (Å²) in [4.78, 5) is 14.7. The molecule has 0 aromatic heterocycles. The number of allylic oxidation sites excluding steroid dienone is 8. The van der Waals surface area contributed by atoms with Gasteiger partial charge in [0.05, 0.1) is 0 Å². The number of unbranched alkanes of at least 4 members (excludes halogenated alkanes) is 16. The van der Waals surface area contributed by atoms with Gasteiger partial charge in [-0.2, -0.15) is 0 Å². The van der Waals surface area contributed by atoms with Crippen LogP contribution < -0.4 is 5.73 Å². The molecule has 0 saturated carbocycles. The number of carbonyl (C=O) groups excluding carboxylic acids is 1. The van der Waals surface area contributed by atoms with Crippen molar-refractivity contribution < 1.29 is 14.3 Å². The van der Waals surface area contributed by atoms with Crippen molar-refractivity contribution in [3.8, 4) is 0 Å². The summed E-state index contributed by atoms with van der Waals surface area (Å²) in [7, 11) is 0. The van der Waals surface area contributed by atoms with Crippen LogP contribution in [-0.2, 0) is 9.47 Å². The molecule has 5 nitrogen and oxygen atoms in total. The SMILES string of the molecule is CCC/C=C\C/C=C\CCCCCCCCC(CCCCCCCC/C=C\C/C=C\CCCCC)OC(=O)OCCN(CC)CCN. The molecule has 1 unspecified atom stereocenters. The number of hydrogen-bond donors (Lipinski definition) is 1. The lowest BCUT2D eigenvalue weighted by molar-refractivity contribution is 0.0123. The van der Waals surface area contributed by atoms with Crippen molar-refractivity contribution in [1.82, 2.24) is 4.90 Å². The van der Waals surface area contributed by atoms with Crippen LogP contribution in [-0.4, -0.2) is 49.9 Å². The predicted molar refractivity (Wildman–Crippen MR) is 206 cm³/mol. The maximum absolute atomic E-state index is 12.5. The second-order valence-electron chi connectivity index (χ2n) is 13.1. The van der Waals surface area contributed by atoms with Gasteiger partial charge in [-0.15, -0.1) is 0 Å². The van der Waals surface area contributed by atoms with Crippen LogP contribution in [0.2, 0.25) is 0 Å². The maximum atomic E-state index is 12.5. The zero-order valence-corrected chi connectivity index (χ0v) is 31.5. The van der Waals surface area contributed by atoms with E-state index in [-0.39, 0.29) is 6.10 Å². The number of nitrogens with zero attached hydrogens (tertiary/aromatic N) is 1. The Bertz CT molecular complexity index is 761. The molecule has 1 atom stereocenters. The maximum Gasteiger partial charge on any atom is 0.508 e. The average Bonchev–Trinajstić information content (AvgIpc) is 3.07. The van der Waals surface area contributed by atoms with Gasteiger partial charge in [0.1, 0.15) is 12.7 Å². The number of rotatable bonds is 35. The third kappa shape index (κ3) is 35.3. The van der Waals surface area contributed by atoms with Crippen LogP contribution in [0.3, 0.4) is 0 Å². The van der Waals surface area contributed by atoms with E-state index >= 15 is 0 Å².